The van der Waals surface area contributed by atoms with E-state index < -0.39 is 10.0 Å². The summed E-state index contributed by atoms with van der Waals surface area (Å²) in [6.07, 6.45) is 1.55. The topological polar surface area (TPSA) is 87.5 Å². The first-order valence-corrected chi connectivity index (χ1v) is 12.2. The zero-order chi connectivity index (χ0) is 22.0. The molecule has 1 aliphatic rings. The van der Waals surface area contributed by atoms with Gasteiger partial charge >= 0.3 is 0 Å². The molecule has 0 bridgehead atoms. The summed E-state index contributed by atoms with van der Waals surface area (Å²) in [4.78, 5) is 21.3. The second kappa shape index (κ2) is 9.07. The molecule has 1 amide bonds. The predicted octanol–water partition coefficient (Wildman–Crippen LogP) is 1.90. The van der Waals surface area contributed by atoms with Crippen molar-refractivity contribution < 1.29 is 13.2 Å². The number of benzene rings is 1. The molecule has 1 saturated heterocycles. The van der Waals surface area contributed by atoms with Crippen molar-refractivity contribution in [3.63, 3.8) is 0 Å². The first kappa shape index (κ1) is 21.9. The van der Waals surface area contributed by atoms with Crippen molar-refractivity contribution in [2.24, 2.45) is 0 Å². The maximum atomic E-state index is 13.4. The monoisotopic (exact) mass is 505 g/mol. The van der Waals surface area contributed by atoms with Gasteiger partial charge in [0.05, 0.1) is 23.7 Å². The minimum atomic E-state index is -3.88. The van der Waals surface area contributed by atoms with Gasteiger partial charge in [0.15, 0.2) is 5.65 Å². The molecule has 8 nitrogen and oxygen atoms in total. The Balaban J connectivity index is 1.61. The standard InChI is InChI=1S/C21H24BrN5O3S/c1-25-9-11-26(12-10-25)15-20(28)24-14-16-13-18-19(22)7-8-23-21(18)27(16)31(29,30)17-5-3-2-4-6-17/h2-8,13H,9-12,14-15H2,1H3,(H,24,28). The molecule has 0 saturated carbocycles. The van der Waals surface area contributed by atoms with Crippen LogP contribution in [0.15, 0.2) is 58.0 Å². The summed E-state index contributed by atoms with van der Waals surface area (Å²) in [7, 11) is -1.82. The fraction of sp³-hybridized carbons (Fsp3) is 0.333. The number of amides is 1. The van der Waals surface area contributed by atoms with E-state index in [1.165, 1.54) is 3.97 Å². The number of carbonyl (C=O) groups excluding carboxylic acids is 1. The molecule has 2 aromatic heterocycles. The Morgan fingerprint density at radius 3 is 2.55 bits per heavy atom. The lowest BCUT2D eigenvalue weighted by Gasteiger charge is -2.31. The van der Waals surface area contributed by atoms with Crippen molar-refractivity contribution in [3.8, 4) is 0 Å². The van der Waals surface area contributed by atoms with Crippen LogP contribution in [-0.4, -0.2) is 72.9 Å². The summed E-state index contributed by atoms with van der Waals surface area (Å²) >= 11 is 3.47. The molecule has 0 radical (unpaired) electrons. The molecule has 0 unspecified atom stereocenters. The Kier molecular flexibility index (Phi) is 6.42. The van der Waals surface area contributed by atoms with Crippen LogP contribution in [0.4, 0.5) is 0 Å². The van der Waals surface area contributed by atoms with Crippen molar-refractivity contribution >= 4 is 42.9 Å². The highest BCUT2D eigenvalue weighted by Crippen LogP contribution is 2.29. The van der Waals surface area contributed by atoms with Crippen LogP contribution in [0.1, 0.15) is 5.69 Å². The Hall–Kier alpha value is -2.27. The van der Waals surface area contributed by atoms with E-state index in [-0.39, 0.29) is 17.3 Å². The van der Waals surface area contributed by atoms with Gasteiger partial charge in [0.2, 0.25) is 5.91 Å². The molecule has 3 heterocycles. The summed E-state index contributed by atoms with van der Waals surface area (Å²) in [6.45, 7) is 3.91. The van der Waals surface area contributed by atoms with Gasteiger partial charge < -0.3 is 10.2 Å². The van der Waals surface area contributed by atoms with Gasteiger partial charge in [0, 0.05) is 42.2 Å². The van der Waals surface area contributed by atoms with Crippen molar-refractivity contribution in [2.75, 3.05) is 39.8 Å². The largest absolute Gasteiger partial charge is 0.349 e. The third-order valence-corrected chi connectivity index (χ3v) is 7.84. The van der Waals surface area contributed by atoms with E-state index in [1.54, 1.807) is 48.7 Å². The van der Waals surface area contributed by atoms with E-state index >= 15 is 0 Å². The van der Waals surface area contributed by atoms with E-state index in [0.29, 0.717) is 23.3 Å². The van der Waals surface area contributed by atoms with E-state index in [2.05, 4.69) is 43.1 Å². The lowest BCUT2D eigenvalue weighted by Crippen LogP contribution is -2.48. The zero-order valence-corrected chi connectivity index (χ0v) is 19.6. The SMILES string of the molecule is CN1CCN(CC(=O)NCc2cc3c(Br)ccnc3n2S(=O)(=O)c2ccccc2)CC1. The highest BCUT2D eigenvalue weighted by molar-refractivity contribution is 9.10. The Bertz CT molecular complexity index is 1190. The molecule has 0 atom stereocenters. The molecular weight excluding hydrogens is 482 g/mol. The predicted molar refractivity (Wildman–Crippen MR) is 122 cm³/mol. The van der Waals surface area contributed by atoms with Gasteiger partial charge in [-0.2, -0.15) is 0 Å². The van der Waals surface area contributed by atoms with Crippen LogP contribution in [-0.2, 0) is 21.4 Å². The fourth-order valence-electron chi connectivity index (χ4n) is 3.64. The third kappa shape index (κ3) is 4.67. The third-order valence-electron chi connectivity index (χ3n) is 5.39. The summed E-state index contributed by atoms with van der Waals surface area (Å²) < 4.78 is 28.8. The number of piperazine rings is 1. The molecule has 3 aromatic rings. The van der Waals surface area contributed by atoms with E-state index in [4.69, 9.17) is 0 Å². The Morgan fingerprint density at radius 2 is 1.84 bits per heavy atom. The van der Waals surface area contributed by atoms with Crippen LogP contribution >= 0.6 is 15.9 Å². The Morgan fingerprint density at radius 1 is 1.13 bits per heavy atom. The van der Waals surface area contributed by atoms with E-state index in [1.807, 2.05) is 0 Å². The molecule has 0 spiro atoms. The average molecular weight is 506 g/mol. The summed E-state index contributed by atoms with van der Waals surface area (Å²) in [6, 6.07) is 11.7. The van der Waals surface area contributed by atoms with Gasteiger partial charge in [-0.1, -0.05) is 18.2 Å². The molecule has 4 rings (SSSR count). The van der Waals surface area contributed by atoms with Gasteiger partial charge in [-0.05, 0) is 47.2 Å². The Labute approximate surface area is 190 Å². The van der Waals surface area contributed by atoms with Crippen molar-refractivity contribution in [1.82, 2.24) is 24.1 Å². The van der Waals surface area contributed by atoms with Crippen LogP contribution in [0, 0.1) is 0 Å². The highest BCUT2D eigenvalue weighted by atomic mass is 79.9. The highest BCUT2D eigenvalue weighted by Gasteiger charge is 2.25. The number of nitrogens with zero attached hydrogens (tertiary/aromatic N) is 4. The second-order valence-corrected chi connectivity index (χ2v) is 10.2. The first-order valence-electron chi connectivity index (χ1n) is 9.99. The van der Waals surface area contributed by atoms with E-state index in [9.17, 15) is 13.2 Å². The maximum absolute atomic E-state index is 13.4. The van der Waals surface area contributed by atoms with E-state index in [0.717, 1.165) is 30.7 Å². The number of aromatic nitrogens is 2. The smallest absolute Gasteiger partial charge is 0.269 e. The number of halogens is 1. The molecular formula is C21H24BrN5O3S. The van der Waals surface area contributed by atoms with Crippen LogP contribution in [0.3, 0.4) is 0 Å². The van der Waals surface area contributed by atoms with Gasteiger partial charge in [-0.3, -0.25) is 9.69 Å². The maximum Gasteiger partial charge on any atom is 0.269 e. The van der Waals surface area contributed by atoms with Crippen molar-refractivity contribution in [1.29, 1.82) is 0 Å². The average Bonchev–Trinajstić information content (AvgIpc) is 3.15. The summed E-state index contributed by atoms with van der Waals surface area (Å²) in [5, 5.41) is 3.55. The van der Waals surface area contributed by atoms with Crippen LogP contribution in [0.2, 0.25) is 0 Å². The van der Waals surface area contributed by atoms with Gasteiger partial charge in [-0.15, -0.1) is 0 Å². The fourth-order valence-corrected chi connectivity index (χ4v) is 5.56. The quantitative estimate of drug-likeness (QED) is 0.550. The van der Waals surface area contributed by atoms with Crippen LogP contribution in [0.25, 0.3) is 11.0 Å². The zero-order valence-electron chi connectivity index (χ0n) is 17.2. The normalized spacial score (nSPS) is 15.9. The number of rotatable bonds is 6. The number of nitrogens with one attached hydrogen (secondary N) is 1. The number of carbonyl (C=O) groups is 1. The van der Waals surface area contributed by atoms with Crippen molar-refractivity contribution in [2.45, 2.75) is 11.4 Å². The van der Waals surface area contributed by atoms with Crippen LogP contribution < -0.4 is 5.32 Å². The summed E-state index contributed by atoms with van der Waals surface area (Å²) in [5.74, 6) is -0.134. The summed E-state index contributed by atoms with van der Waals surface area (Å²) in [5.41, 5.74) is 0.770. The lowest BCUT2D eigenvalue weighted by molar-refractivity contribution is -0.122. The molecule has 1 N–H and O–H groups in total. The lowest BCUT2D eigenvalue weighted by atomic mass is 10.3. The number of hydrogen-bond donors (Lipinski definition) is 1. The molecule has 10 heteroatoms. The molecule has 31 heavy (non-hydrogen) atoms. The minimum Gasteiger partial charge on any atom is -0.349 e. The number of fused-ring (bicyclic) bond motifs is 1. The van der Waals surface area contributed by atoms with Gasteiger partial charge in [0.1, 0.15) is 0 Å². The first-order chi connectivity index (χ1) is 14.9. The molecule has 0 aliphatic carbocycles. The molecule has 1 fully saturated rings. The second-order valence-electron chi connectivity index (χ2n) is 7.60. The van der Waals surface area contributed by atoms with Crippen LogP contribution in [0.5, 0.6) is 0 Å². The number of hydrogen-bond acceptors (Lipinski definition) is 6. The molecule has 1 aromatic carbocycles. The number of likely N-dealkylation sites (N-methyl/N-ethyl adjacent to an activating group) is 1. The van der Waals surface area contributed by atoms with Gasteiger partial charge in [-0.25, -0.2) is 17.4 Å². The molecule has 164 valence electrons. The molecule has 1 aliphatic heterocycles. The van der Waals surface area contributed by atoms with Gasteiger partial charge in [0.25, 0.3) is 10.0 Å². The van der Waals surface area contributed by atoms with Crippen molar-refractivity contribution in [3.05, 3.63) is 58.8 Å². The minimum absolute atomic E-state index is 0.0848. The number of pyridine rings is 1.